The molecular weight excluding hydrogens is 466 g/mol. The van der Waals surface area contributed by atoms with Gasteiger partial charge in [-0.15, -0.1) is 0 Å². The summed E-state index contributed by atoms with van der Waals surface area (Å²) in [4.78, 5) is 26.8. The third-order valence-electron chi connectivity index (χ3n) is 5.16. The second-order valence-corrected chi connectivity index (χ2v) is 9.90. The van der Waals surface area contributed by atoms with Crippen LogP contribution in [0, 0.1) is 0 Å². The van der Waals surface area contributed by atoms with Gasteiger partial charge >= 0.3 is 0 Å². The van der Waals surface area contributed by atoms with Crippen LogP contribution in [-0.2, 0) is 26.2 Å². The van der Waals surface area contributed by atoms with Crippen LogP contribution in [0.2, 0.25) is 5.02 Å². The first-order chi connectivity index (χ1) is 15.6. The van der Waals surface area contributed by atoms with Crippen molar-refractivity contribution < 1.29 is 22.7 Å². The van der Waals surface area contributed by atoms with Gasteiger partial charge in [0.2, 0.25) is 21.8 Å². The fourth-order valence-corrected chi connectivity index (χ4v) is 4.62. The number of benzene rings is 2. The Morgan fingerprint density at radius 3 is 2.45 bits per heavy atom. The van der Waals surface area contributed by atoms with Gasteiger partial charge in [-0.25, -0.2) is 8.42 Å². The number of likely N-dealkylation sites (N-methyl/N-ethyl adjacent to an activating group) is 1. The van der Waals surface area contributed by atoms with Crippen molar-refractivity contribution in [2.24, 2.45) is 0 Å². The molecule has 0 aromatic heterocycles. The maximum atomic E-state index is 13.1. The molecule has 1 N–H and O–H groups in total. The number of carbonyl (C=O) groups is 2. The van der Waals surface area contributed by atoms with Crippen molar-refractivity contribution in [2.75, 3.05) is 31.3 Å². The molecule has 33 heavy (non-hydrogen) atoms. The molecule has 8 nitrogen and oxygen atoms in total. The largest absolute Gasteiger partial charge is 0.495 e. The normalized spacial score (nSPS) is 12.0. The number of rotatable bonds is 11. The fraction of sp³-hybridized carbons (Fsp3) is 0.391. The molecular formula is C23H30ClN3O5S. The second-order valence-electron chi connectivity index (χ2n) is 7.55. The Hall–Kier alpha value is -2.78. The fourth-order valence-electron chi connectivity index (χ4n) is 3.44. The zero-order valence-electron chi connectivity index (χ0n) is 19.2. The molecule has 0 saturated heterocycles. The van der Waals surface area contributed by atoms with Crippen LogP contribution >= 0.6 is 11.6 Å². The van der Waals surface area contributed by atoms with Crippen molar-refractivity contribution in [1.29, 1.82) is 0 Å². The molecule has 0 aliphatic heterocycles. The molecule has 0 unspecified atom stereocenters. The first-order valence-corrected chi connectivity index (χ1v) is 12.7. The van der Waals surface area contributed by atoms with E-state index in [1.54, 1.807) is 49.4 Å². The number of ether oxygens (including phenoxy) is 1. The van der Waals surface area contributed by atoms with Gasteiger partial charge in [-0.3, -0.25) is 13.9 Å². The maximum absolute atomic E-state index is 13.1. The number of hydrogen-bond acceptors (Lipinski definition) is 5. The first-order valence-electron chi connectivity index (χ1n) is 10.4. The highest BCUT2D eigenvalue weighted by atomic mass is 35.5. The summed E-state index contributed by atoms with van der Waals surface area (Å²) < 4.78 is 31.4. The SMILES string of the molecule is CNC(=O)[C@H](C)N(Cc1cccc(Cl)c1)C(=O)CCCN(c1ccccc1OC)S(C)(=O)=O. The van der Waals surface area contributed by atoms with E-state index in [9.17, 15) is 18.0 Å². The highest BCUT2D eigenvalue weighted by Crippen LogP contribution is 2.29. The summed E-state index contributed by atoms with van der Waals surface area (Å²) >= 11 is 6.07. The van der Waals surface area contributed by atoms with Crippen LogP contribution in [-0.4, -0.2) is 58.1 Å². The van der Waals surface area contributed by atoms with Crippen LogP contribution < -0.4 is 14.4 Å². The smallest absolute Gasteiger partial charge is 0.242 e. The number of nitrogens with zero attached hydrogens (tertiary/aromatic N) is 2. The molecule has 0 aliphatic carbocycles. The van der Waals surface area contributed by atoms with Crippen molar-refractivity contribution in [3.8, 4) is 5.75 Å². The highest BCUT2D eigenvalue weighted by Gasteiger charge is 2.26. The minimum Gasteiger partial charge on any atom is -0.495 e. The maximum Gasteiger partial charge on any atom is 0.242 e. The predicted molar refractivity (Wildman–Crippen MR) is 130 cm³/mol. The van der Waals surface area contributed by atoms with Gasteiger partial charge in [-0.1, -0.05) is 35.9 Å². The average molecular weight is 496 g/mol. The summed E-state index contributed by atoms with van der Waals surface area (Å²) in [6, 6.07) is 13.2. The molecule has 0 spiro atoms. The molecule has 0 bridgehead atoms. The molecule has 180 valence electrons. The van der Waals surface area contributed by atoms with Gasteiger partial charge in [0.15, 0.2) is 0 Å². The predicted octanol–water partition coefficient (Wildman–Crippen LogP) is 3.06. The van der Waals surface area contributed by atoms with Crippen LogP contribution in [0.15, 0.2) is 48.5 Å². The van der Waals surface area contributed by atoms with Gasteiger partial charge in [0.1, 0.15) is 11.8 Å². The molecule has 2 aromatic rings. The molecule has 0 radical (unpaired) electrons. The van der Waals surface area contributed by atoms with Gasteiger partial charge in [0.25, 0.3) is 0 Å². The van der Waals surface area contributed by atoms with E-state index < -0.39 is 16.1 Å². The lowest BCUT2D eigenvalue weighted by Crippen LogP contribution is -2.46. The second kappa shape index (κ2) is 11.9. The molecule has 0 saturated carbocycles. The Labute approximate surface area is 200 Å². The first kappa shape index (κ1) is 26.5. The van der Waals surface area contributed by atoms with Crippen molar-refractivity contribution in [3.63, 3.8) is 0 Å². The van der Waals surface area contributed by atoms with Gasteiger partial charge in [-0.05, 0) is 43.2 Å². The van der Waals surface area contributed by atoms with Crippen LogP contribution in [0.1, 0.15) is 25.3 Å². The Morgan fingerprint density at radius 1 is 1.15 bits per heavy atom. The van der Waals surface area contributed by atoms with E-state index in [1.807, 2.05) is 6.07 Å². The molecule has 0 aliphatic rings. The molecule has 2 aromatic carbocycles. The van der Waals surface area contributed by atoms with E-state index in [-0.39, 0.29) is 37.7 Å². The number of carbonyl (C=O) groups excluding carboxylic acids is 2. The summed E-state index contributed by atoms with van der Waals surface area (Å²) in [6.07, 6.45) is 1.43. The lowest BCUT2D eigenvalue weighted by atomic mass is 10.1. The zero-order chi connectivity index (χ0) is 24.6. The third kappa shape index (κ3) is 7.36. The quantitative estimate of drug-likeness (QED) is 0.517. The molecule has 2 amide bonds. The molecule has 2 rings (SSSR count). The number of anilines is 1. The van der Waals surface area contributed by atoms with Crippen LogP contribution in [0.25, 0.3) is 0 Å². The van der Waals surface area contributed by atoms with Gasteiger partial charge < -0.3 is 15.0 Å². The standard InChI is InChI=1S/C23H30ClN3O5S/c1-17(23(29)25-2)26(16-18-9-7-10-19(24)15-18)22(28)13-8-14-27(33(4,30)31)20-11-5-6-12-21(20)32-3/h5-7,9-12,15,17H,8,13-14,16H2,1-4H3,(H,25,29)/t17-/m0/s1. The number of halogens is 1. The Balaban J connectivity index is 2.18. The number of sulfonamides is 1. The number of para-hydroxylation sites is 2. The molecule has 1 atom stereocenters. The van der Waals surface area contributed by atoms with Crippen molar-refractivity contribution in [3.05, 3.63) is 59.1 Å². The van der Waals surface area contributed by atoms with E-state index in [0.29, 0.717) is 16.5 Å². The summed E-state index contributed by atoms with van der Waals surface area (Å²) in [7, 11) is -0.625. The third-order valence-corrected chi connectivity index (χ3v) is 6.58. The Morgan fingerprint density at radius 2 is 1.85 bits per heavy atom. The molecule has 0 fully saturated rings. The zero-order valence-corrected chi connectivity index (χ0v) is 20.8. The number of hydrogen-bond donors (Lipinski definition) is 1. The van der Waals surface area contributed by atoms with Crippen molar-refractivity contribution >= 4 is 39.1 Å². The van der Waals surface area contributed by atoms with Gasteiger partial charge in [-0.2, -0.15) is 0 Å². The van der Waals surface area contributed by atoms with E-state index in [1.165, 1.54) is 23.4 Å². The molecule has 10 heteroatoms. The minimum atomic E-state index is -3.61. The van der Waals surface area contributed by atoms with Crippen LogP contribution in [0.3, 0.4) is 0 Å². The topological polar surface area (TPSA) is 96.0 Å². The van der Waals surface area contributed by atoms with Gasteiger partial charge in [0, 0.05) is 31.6 Å². The summed E-state index contributed by atoms with van der Waals surface area (Å²) in [5.74, 6) is -0.137. The minimum absolute atomic E-state index is 0.0586. The number of nitrogens with one attached hydrogen (secondary N) is 1. The Kier molecular flexibility index (Phi) is 9.55. The van der Waals surface area contributed by atoms with Crippen molar-refractivity contribution in [1.82, 2.24) is 10.2 Å². The summed E-state index contributed by atoms with van der Waals surface area (Å²) in [5.41, 5.74) is 1.20. The lowest BCUT2D eigenvalue weighted by Gasteiger charge is -2.29. The summed E-state index contributed by atoms with van der Waals surface area (Å²) in [5, 5.41) is 3.10. The van der Waals surface area contributed by atoms with E-state index >= 15 is 0 Å². The lowest BCUT2D eigenvalue weighted by molar-refractivity contribution is -0.140. The average Bonchev–Trinajstić information content (AvgIpc) is 2.78. The van der Waals surface area contributed by atoms with E-state index in [2.05, 4.69) is 5.32 Å². The van der Waals surface area contributed by atoms with Crippen molar-refractivity contribution in [2.45, 2.75) is 32.4 Å². The van der Waals surface area contributed by atoms with E-state index in [0.717, 1.165) is 11.8 Å². The summed E-state index contributed by atoms with van der Waals surface area (Å²) in [6.45, 7) is 1.94. The number of methoxy groups -OCH3 is 1. The van der Waals surface area contributed by atoms with E-state index in [4.69, 9.17) is 16.3 Å². The number of amides is 2. The molecule has 0 heterocycles. The monoisotopic (exact) mass is 495 g/mol. The van der Waals surface area contributed by atoms with Gasteiger partial charge in [0.05, 0.1) is 19.1 Å². The van der Waals surface area contributed by atoms with Crippen LogP contribution in [0.4, 0.5) is 5.69 Å². The highest BCUT2D eigenvalue weighted by molar-refractivity contribution is 7.92. The Bertz CT molecular complexity index is 1080. The van der Waals surface area contributed by atoms with Crippen LogP contribution in [0.5, 0.6) is 5.75 Å².